The molecule has 8 heteroatoms. The number of rotatable bonds is 4. The van der Waals surface area contributed by atoms with Crippen LogP contribution in [0.2, 0.25) is 0 Å². The first-order valence-electron chi connectivity index (χ1n) is 10.8. The molecule has 170 valence electrons. The van der Waals surface area contributed by atoms with Gasteiger partial charge in [-0.2, -0.15) is 10.1 Å². The fraction of sp³-hybridized carbons (Fsp3) is 0.0370. The molecule has 0 N–H and O–H groups in total. The number of hydrogen-bond acceptors (Lipinski definition) is 7. The molecule has 0 aliphatic rings. The third-order valence-electron chi connectivity index (χ3n) is 5.62. The molecule has 3 aromatic carbocycles. The SMILES string of the molecule is Cc1ccc2nc(N(/N=C/c3cccs3)C(=O)c3cc4c(ccc5ccccc54)oc3=O)sc2c1. The minimum Gasteiger partial charge on any atom is -0.422 e. The van der Waals surface area contributed by atoms with E-state index in [0.717, 1.165) is 31.4 Å². The number of carbonyl (C=O) groups is 1. The maximum Gasteiger partial charge on any atom is 0.349 e. The zero-order chi connectivity index (χ0) is 23.9. The van der Waals surface area contributed by atoms with Gasteiger partial charge >= 0.3 is 5.63 Å². The number of amides is 1. The molecule has 0 fully saturated rings. The Bertz CT molecular complexity index is 1820. The fourth-order valence-electron chi connectivity index (χ4n) is 3.91. The van der Waals surface area contributed by atoms with Crippen LogP contribution in [0.15, 0.2) is 92.5 Å². The average molecular weight is 496 g/mol. The van der Waals surface area contributed by atoms with Crippen molar-refractivity contribution in [2.45, 2.75) is 6.92 Å². The van der Waals surface area contributed by atoms with Crippen molar-refractivity contribution < 1.29 is 9.21 Å². The second kappa shape index (κ2) is 8.57. The van der Waals surface area contributed by atoms with Crippen LogP contribution in [0.4, 0.5) is 5.13 Å². The summed E-state index contributed by atoms with van der Waals surface area (Å²) in [5.41, 5.74) is 1.46. The molecule has 0 saturated carbocycles. The van der Waals surface area contributed by atoms with Gasteiger partial charge in [-0.3, -0.25) is 4.79 Å². The van der Waals surface area contributed by atoms with Crippen molar-refractivity contribution in [2.24, 2.45) is 5.10 Å². The predicted octanol–water partition coefficient (Wildman–Crippen LogP) is 6.61. The average Bonchev–Trinajstić information content (AvgIpc) is 3.53. The first-order chi connectivity index (χ1) is 17.1. The van der Waals surface area contributed by atoms with Crippen molar-refractivity contribution in [1.82, 2.24) is 4.98 Å². The van der Waals surface area contributed by atoms with Gasteiger partial charge in [-0.05, 0) is 59.0 Å². The lowest BCUT2D eigenvalue weighted by Gasteiger charge is -2.13. The van der Waals surface area contributed by atoms with Crippen LogP contribution in [0.3, 0.4) is 0 Å². The first kappa shape index (κ1) is 21.4. The normalized spacial score (nSPS) is 11.7. The van der Waals surface area contributed by atoms with Gasteiger partial charge in [0.25, 0.3) is 5.91 Å². The largest absolute Gasteiger partial charge is 0.422 e. The van der Waals surface area contributed by atoms with E-state index in [1.54, 1.807) is 18.3 Å². The van der Waals surface area contributed by atoms with Crippen LogP contribution in [0, 0.1) is 6.92 Å². The molecule has 3 aromatic heterocycles. The minimum atomic E-state index is -0.717. The van der Waals surface area contributed by atoms with Crippen LogP contribution in [0.1, 0.15) is 20.8 Å². The Balaban J connectivity index is 1.52. The number of aromatic nitrogens is 1. The summed E-state index contributed by atoms with van der Waals surface area (Å²) in [5.74, 6) is -0.600. The van der Waals surface area contributed by atoms with Crippen LogP contribution in [0.5, 0.6) is 0 Å². The molecule has 35 heavy (non-hydrogen) atoms. The summed E-state index contributed by atoms with van der Waals surface area (Å²) >= 11 is 2.84. The van der Waals surface area contributed by atoms with Crippen molar-refractivity contribution in [1.29, 1.82) is 0 Å². The monoisotopic (exact) mass is 495 g/mol. The number of hydrogen-bond donors (Lipinski definition) is 0. The molecule has 0 unspecified atom stereocenters. The lowest BCUT2D eigenvalue weighted by Crippen LogP contribution is -2.30. The van der Waals surface area contributed by atoms with Gasteiger partial charge in [-0.25, -0.2) is 9.78 Å². The van der Waals surface area contributed by atoms with Gasteiger partial charge in [0.05, 0.1) is 16.4 Å². The van der Waals surface area contributed by atoms with E-state index < -0.39 is 11.5 Å². The number of thiazole rings is 1. The molecule has 0 aliphatic heterocycles. The van der Waals surface area contributed by atoms with Crippen LogP contribution in [-0.4, -0.2) is 17.1 Å². The van der Waals surface area contributed by atoms with E-state index in [1.807, 2.05) is 73.0 Å². The lowest BCUT2D eigenvalue weighted by molar-refractivity contribution is 0.0984. The molecule has 0 aliphatic carbocycles. The second-order valence-electron chi connectivity index (χ2n) is 7.99. The summed E-state index contributed by atoms with van der Waals surface area (Å²) < 4.78 is 6.49. The maximum absolute atomic E-state index is 13.8. The number of fused-ring (bicyclic) bond motifs is 4. The maximum atomic E-state index is 13.8. The van der Waals surface area contributed by atoms with E-state index in [4.69, 9.17) is 4.42 Å². The summed E-state index contributed by atoms with van der Waals surface area (Å²) in [7, 11) is 0. The van der Waals surface area contributed by atoms with Gasteiger partial charge in [0.2, 0.25) is 5.13 Å². The highest BCUT2D eigenvalue weighted by atomic mass is 32.1. The Morgan fingerprint density at radius 1 is 1.03 bits per heavy atom. The molecule has 6 aromatic rings. The topological polar surface area (TPSA) is 75.8 Å². The third kappa shape index (κ3) is 3.92. The standard InChI is InChI=1S/C27H17N3O3S2/c1-16-8-10-22-24(13-16)35-27(29-22)30(28-15-18-6-4-12-34-18)25(31)21-14-20-19-7-3-2-5-17(19)9-11-23(20)33-26(21)32/h2-15H,1H3/b28-15+. The molecular formula is C27H17N3O3S2. The summed E-state index contributed by atoms with van der Waals surface area (Å²) in [6.07, 6.45) is 1.60. The molecule has 0 radical (unpaired) electrons. The van der Waals surface area contributed by atoms with E-state index >= 15 is 0 Å². The van der Waals surface area contributed by atoms with E-state index in [1.165, 1.54) is 27.7 Å². The molecule has 6 rings (SSSR count). The first-order valence-corrected chi connectivity index (χ1v) is 12.5. The molecule has 0 spiro atoms. The number of benzene rings is 3. The van der Waals surface area contributed by atoms with Gasteiger partial charge in [0.1, 0.15) is 11.1 Å². The highest BCUT2D eigenvalue weighted by Crippen LogP contribution is 2.31. The smallest absolute Gasteiger partial charge is 0.349 e. The molecule has 0 saturated heterocycles. The van der Waals surface area contributed by atoms with Crippen molar-refractivity contribution in [2.75, 3.05) is 5.01 Å². The van der Waals surface area contributed by atoms with E-state index in [-0.39, 0.29) is 5.56 Å². The van der Waals surface area contributed by atoms with Gasteiger partial charge in [-0.15, -0.1) is 11.3 Å². The minimum absolute atomic E-state index is 0.104. The van der Waals surface area contributed by atoms with Crippen LogP contribution < -0.4 is 10.6 Å². The molecular weight excluding hydrogens is 478 g/mol. The van der Waals surface area contributed by atoms with Crippen molar-refractivity contribution in [3.8, 4) is 0 Å². The van der Waals surface area contributed by atoms with E-state index in [9.17, 15) is 9.59 Å². The Kier molecular flexibility index (Phi) is 5.24. The number of carbonyl (C=O) groups excluding carboxylic acids is 1. The Morgan fingerprint density at radius 2 is 1.91 bits per heavy atom. The highest BCUT2D eigenvalue weighted by molar-refractivity contribution is 7.22. The number of thiophene rings is 1. The van der Waals surface area contributed by atoms with Crippen LogP contribution >= 0.6 is 22.7 Å². The van der Waals surface area contributed by atoms with Gasteiger partial charge in [0.15, 0.2) is 0 Å². The summed E-state index contributed by atoms with van der Waals surface area (Å²) in [4.78, 5) is 32.2. The van der Waals surface area contributed by atoms with Crippen molar-refractivity contribution in [3.63, 3.8) is 0 Å². The second-order valence-corrected chi connectivity index (χ2v) is 9.98. The Morgan fingerprint density at radius 3 is 2.77 bits per heavy atom. The molecule has 3 heterocycles. The van der Waals surface area contributed by atoms with E-state index in [0.29, 0.717) is 16.1 Å². The predicted molar refractivity (Wildman–Crippen MR) is 143 cm³/mol. The molecule has 0 atom stereocenters. The summed E-state index contributed by atoms with van der Waals surface area (Å²) in [6.45, 7) is 2.00. The van der Waals surface area contributed by atoms with Gasteiger partial charge < -0.3 is 4.42 Å². The highest BCUT2D eigenvalue weighted by Gasteiger charge is 2.25. The number of nitrogens with zero attached hydrogens (tertiary/aromatic N) is 3. The number of anilines is 1. The summed E-state index contributed by atoms with van der Waals surface area (Å²) in [5, 5.41) is 10.5. The third-order valence-corrected chi connectivity index (χ3v) is 7.42. The van der Waals surface area contributed by atoms with Crippen LogP contribution in [0.25, 0.3) is 32.0 Å². The van der Waals surface area contributed by atoms with E-state index in [2.05, 4.69) is 10.1 Å². The van der Waals surface area contributed by atoms with Crippen molar-refractivity contribution in [3.05, 3.63) is 105 Å². The summed E-state index contributed by atoms with van der Waals surface area (Å²) in [6, 6.07) is 22.7. The molecule has 0 bridgehead atoms. The number of aryl methyl sites for hydroxylation is 1. The fourth-order valence-corrected chi connectivity index (χ4v) is 5.51. The number of hydrazone groups is 1. The van der Waals surface area contributed by atoms with Crippen LogP contribution in [-0.2, 0) is 0 Å². The zero-order valence-corrected chi connectivity index (χ0v) is 20.1. The Labute approximate surface area is 207 Å². The zero-order valence-electron chi connectivity index (χ0n) is 18.5. The molecule has 6 nitrogen and oxygen atoms in total. The van der Waals surface area contributed by atoms with Gasteiger partial charge in [0, 0.05) is 10.3 Å². The lowest BCUT2D eigenvalue weighted by atomic mass is 10.0. The molecule has 1 amide bonds. The van der Waals surface area contributed by atoms with Gasteiger partial charge in [-0.1, -0.05) is 53.8 Å². The Hall–Kier alpha value is -4.14. The van der Waals surface area contributed by atoms with Crippen molar-refractivity contribution >= 4 is 71.9 Å². The quantitative estimate of drug-likeness (QED) is 0.119.